The Morgan fingerprint density at radius 3 is 2.55 bits per heavy atom. The van der Waals surface area contributed by atoms with Crippen LogP contribution in [0.15, 0.2) is 48.5 Å². The highest BCUT2D eigenvalue weighted by molar-refractivity contribution is 5.70. The zero-order chi connectivity index (χ0) is 21.9. The Kier molecular flexibility index (Phi) is 6.24. The van der Waals surface area contributed by atoms with Crippen molar-refractivity contribution in [1.29, 1.82) is 0 Å². The quantitative estimate of drug-likeness (QED) is 0.629. The highest BCUT2D eigenvalue weighted by atomic mass is 16.6. The first kappa shape index (κ1) is 21.7. The zero-order valence-corrected chi connectivity index (χ0v) is 18.9. The predicted molar refractivity (Wildman–Crippen MR) is 121 cm³/mol. The summed E-state index contributed by atoms with van der Waals surface area (Å²) in [5.74, 6) is 1.67. The number of fused-ring (bicyclic) bond motifs is 2. The van der Waals surface area contributed by atoms with Crippen molar-refractivity contribution in [2.45, 2.75) is 57.7 Å². The molecule has 0 atom stereocenters. The van der Waals surface area contributed by atoms with Crippen molar-refractivity contribution in [2.24, 2.45) is 0 Å². The molecule has 5 nitrogen and oxygen atoms in total. The molecule has 1 saturated heterocycles. The molecule has 0 bridgehead atoms. The fraction of sp³-hybridized carbons (Fsp3) is 0.500. The van der Waals surface area contributed by atoms with Crippen LogP contribution in [0.2, 0.25) is 0 Å². The van der Waals surface area contributed by atoms with Gasteiger partial charge in [0, 0.05) is 23.6 Å². The van der Waals surface area contributed by atoms with Gasteiger partial charge in [0.1, 0.15) is 23.7 Å². The fourth-order valence-corrected chi connectivity index (χ4v) is 4.44. The van der Waals surface area contributed by atoms with Crippen LogP contribution < -0.4 is 9.47 Å². The molecule has 0 radical (unpaired) electrons. The van der Waals surface area contributed by atoms with Crippen molar-refractivity contribution in [3.05, 3.63) is 59.7 Å². The second-order valence-electron chi connectivity index (χ2n) is 9.68. The van der Waals surface area contributed by atoms with Crippen molar-refractivity contribution in [3.63, 3.8) is 0 Å². The molecule has 2 aliphatic heterocycles. The van der Waals surface area contributed by atoms with E-state index >= 15 is 0 Å². The summed E-state index contributed by atoms with van der Waals surface area (Å²) in [4.78, 5) is 14.4. The number of likely N-dealkylation sites (tertiary alicyclic amines) is 1. The Morgan fingerprint density at radius 1 is 1.10 bits per heavy atom. The van der Waals surface area contributed by atoms with Crippen molar-refractivity contribution in [3.8, 4) is 11.5 Å². The number of carbonyl (C=O) groups is 1. The molecule has 0 aromatic heterocycles. The molecular formula is C26H33NO4. The number of hydrogen-bond donors (Lipinski definition) is 0. The van der Waals surface area contributed by atoms with Crippen LogP contribution in [0.25, 0.3) is 0 Å². The molecular weight excluding hydrogens is 390 g/mol. The molecule has 4 rings (SSSR count). The second kappa shape index (κ2) is 8.91. The molecule has 1 fully saturated rings. The Morgan fingerprint density at radius 2 is 1.84 bits per heavy atom. The summed E-state index contributed by atoms with van der Waals surface area (Å²) in [6, 6.07) is 16.5. The Bertz CT molecular complexity index is 895. The number of esters is 1. The van der Waals surface area contributed by atoms with E-state index in [9.17, 15) is 4.79 Å². The maximum Gasteiger partial charge on any atom is 0.307 e. The minimum Gasteiger partial charge on any atom is -0.492 e. The van der Waals surface area contributed by atoms with Gasteiger partial charge in [0.15, 0.2) is 0 Å². The molecule has 1 spiro atoms. The number of rotatable bonds is 6. The number of nitrogens with zero attached hydrogens (tertiary/aromatic N) is 1. The van der Waals surface area contributed by atoms with Crippen LogP contribution in [0.5, 0.6) is 11.5 Å². The van der Waals surface area contributed by atoms with Gasteiger partial charge in [-0.05, 0) is 58.3 Å². The summed E-state index contributed by atoms with van der Waals surface area (Å²) in [6.07, 6.45) is 2.52. The largest absolute Gasteiger partial charge is 0.492 e. The molecule has 31 heavy (non-hydrogen) atoms. The first-order chi connectivity index (χ1) is 14.8. The molecule has 0 saturated carbocycles. The van der Waals surface area contributed by atoms with Gasteiger partial charge in [0.2, 0.25) is 0 Å². The normalized spacial score (nSPS) is 17.8. The topological polar surface area (TPSA) is 48.0 Å². The molecule has 0 N–H and O–H groups in total. The third-order valence-electron chi connectivity index (χ3n) is 6.14. The van der Waals surface area contributed by atoms with Crippen molar-refractivity contribution in [1.82, 2.24) is 4.90 Å². The summed E-state index contributed by atoms with van der Waals surface area (Å²) in [5.41, 5.74) is 2.11. The van der Waals surface area contributed by atoms with Crippen molar-refractivity contribution < 1.29 is 19.0 Å². The van der Waals surface area contributed by atoms with Gasteiger partial charge < -0.3 is 19.1 Å². The lowest BCUT2D eigenvalue weighted by molar-refractivity contribution is -0.155. The molecule has 0 unspecified atom stereocenters. The van der Waals surface area contributed by atoms with Gasteiger partial charge in [0.25, 0.3) is 0 Å². The van der Waals surface area contributed by atoms with E-state index in [-0.39, 0.29) is 11.4 Å². The molecule has 166 valence electrons. The Labute approximate surface area is 185 Å². The number of hydrogen-bond acceptors (Lipinski definition) is 5. The number of carbonyl (C=O) groups excluding carboxylic acids is 1. The van der Waals surface area contributed by atoms with Crippen LogP contribution in [-0.2, 0) is 21.6 Å². The van der Waals surface area contributed by atoms with Crippen LogP contribution in [-0.4, -0.2) is 42.7 Å². The fourth-order valence-electron chi connectivity index (χ4n) is 4.44. The minimum absolute atomic E-state index is 0.0791. The van der Waals surface area contributed by atoms with Gasteiger partial charge in [0.05, 0.1) is 13.0 Å². The van der Waals surface area contributed by atoms with Crippen LogP contribution in [0.1, 0.15) is 51.2 Å². The summed E-state index contributed by atoms with van der Waals surface area (Å²) < 4.78 is 17.5. The minimum atomic E-state index is -0.419. The van der Waals surface area contributed by atoms with Gasteiger partial charge in [-0.25, -0.2) is 0 Å². The monoisotopic (exact) mass is 423 g/mol. The Hall–Kier alpha value is -2.53. The predicted octanol–water partition coefficient (Wildman–Crippen LogP) is 4.72. The molecule has 2 heterocycles. The highest BCUT2D eigenvalue weighted by Crippen LogP contribution is 2.46. The van der Waals surface area contributed by atoms with E-state index in [0.29, 0.717) is 13.0 Å². The van der Waals surface area contributed by atoms with Gasteiger partial charge >= 0.3 is 5.97 Å². The van der Waals surface area contributed by atoms with Crippen molar-refractivity contribution in [2.75, 3.05) is 26.2 Å². The Balaban J connectivity index is 1.31. The highest BCUT2D eigenvalue weighted by Gasteiger charge is 2.43. The number of benzene rings is 2. The van der Waals surface area contributed by atoms with E-state index in [1.807, 2.05) is 45.0 Å². The van der Waals surface area contributed by atoms with Gasteiger partial charge in [-0.2, -0.15) is 0 Å². The zero-order valence-electron chi connectivity index (χ0n) is 18.9. The molecule has 0 amide bonds. The second-order valence-corrected chi connectivity index (χ2v) is 9.68. The summed E-state index contributed by atoms with van der Waals surface area (Å²) in [5, 5.41) is 0. The number of ether oxygens (including phenoxy) is 3. The van der Waals surface area contributed by atoms with E-state index in [1.54, 1.807) is 0 Å². The van der Waals surface area contributed by atoms with Gasteiger partial charge in [-0.3, -0.25) is 4.79 Å². The summed E-state index contributed by atoms with van der Waals surface area (Å²) in [7, 11) is 0. The first-order valence-electron chi connectivity index (χ1n) is 11.2. The third kappa shape index (κ3) is 5.40. The first-order valence-corrected chi connectivity index (χ1v) is 11.2. The molecule has 0 aliphatic carbocycles. The number of piperidine rings is 1. The molecule has 5 heteroatoms. The average molecular weight is 424 g/mol. The SMILES string of the molecule is CC(C)(C)OC(=O)CCN1CCC2(CC1)COc1cc(OCc3ccccc3)ccc12. The van der Waals surface area contributed by atoms with Crippen LogP contribution in [0, 0.1) is 0 Å². The summed E-state index contributed by atoms with van der Waals surface area (Å²) >= 11 is 0. The third-order valence-corrected chi connectivity index (χ3v) is 6.14. The molecule has 2 aliphatic rings. The average Bonchev–Trinajstić information content (AvgIpc) is 3.09. The van der Waals surface area contributed by atoms with E-state index in [1.165, 1.54) is 5.56 Å². The van der Waals surface area contributed by atoms with Crippen LogP contribution in [0.3, 0.4) is 0 Å². The van der Waals surface area contributed by atoms with Crippen LogP contribution in [0.4, 0.5) is 0 Å². The molecule has 2 aromatic rings. The summed E-state index contributed by atoms with van der Waals surface area (Å²) in [6.45, 7) is 9.70. The maximum absolute atomic E-state index is 12.0. The van der Waals surface area contributed by atoms with Crippen LogP contribution >= 0.6 is 0 Å². The van der Waals surface area contributed by atoms with Gasteiger partial charge in [-0.15, -0.1) is 0 Å². The lowest BCUT2D eigenvalue weighted by atomic mass is 9.74. The van der Waals surface area contributed by atoms with Crippen molar-refractivity contribution >= 4 is 5.97 Å². The lowest BCUT2D eigenvalue weighted by Gasteiger charge is -2.38. The molecule has 2 aromatic carbocycles. The van der Waals surface area contributed by atoms with E-state index < -0.39 is 5.60 Å². The van der Waals surface area contributed by atoms with E-state index in [0.717, 1.165) is 56.1 Å². The standard InChI is InChI=1S/C26H33NO4/c1-25(2,3)31-24(28)11-14-27-15-12-26(13-16-27)19-30-23-17-21(9-10-22(23)26)29-18-20-7-5-4-6-8-20/h4-10,17H,11-16,18-19H2,1-3H3. The smallest absolute Gasteiger partial charge is 0.307 e. The lowest BCUT2D eigenvalue weighted by Crippen LogP contribution is -2.44. The maximum atomic E-state index is 12.0. The van der Waals surface area contributed by atoms with E-state index in [4.69, 9.17) is 14.2 Å². The van der Waals surface area contributed by atoms with E-state index in [2.05, 4.69) is 29.2 Å². The van der Waals surface area contributed by atoms with Gasteiger partial charge in [-0.1, -0.05) is 36.4 Å².